The number of anilines is 1. The molecule has 1 unspecified atom stereocenters. The number of carbonyl (C=O) groups is 1. The summed E-state index contributed by atoms with van der Waals surface area (Å²) in [6.45, 7) is 2.65. The summed E-state index contributed by atoms with van der Waals surface area (Å²) in [7, 11) is 0. The SMILES string of the molecule is Cc1nc(-c2cccc(NC(=O)C3CCCN3)c2)no1. The lowest BCUT2D eigenvalue weighted by atomic mass is 10.1. The number of hydrogen-bond acceptors (Lipinski definition) is 5. The first-order chi connectivity index (χ1) is 9.72. The molecule has 1 atom stereocenters. The van der Waals surface area contributed by atoms with Crippen molar-refractivity contribution in [1.29, 1.82) is 0 Å². The molecular weight excluding hydrogens is 256 g/mol. The Morgan fingerprint density at radius 1 is 1.50 bits per heavy atom. The molecule has 1 amide bonds. The zero-order chi connectivity index (χ0) is 13.9. The number of carbonyl (C=O) groups excluding carboxylic acids is 1. The summed E-state index contributed by atoms with van der Waals surface area (Å²) in [6, 6.07) is 7.35. The summed E-state index contributed by atoms with van der Waals surface area (Å²) < 4.78 is 4.96. The van der Waals surface area contributed by atoms with Crippen molar-refractivity contribution in [3.8, 4) is 11.4 Å². The number of hydrogen-bond donors (Lipinski definition) is 2. The average molecular weight is 272 g/mol. The molecule has 1 aromatic heterocycles. The van der Waals surface area contributed by atoms with Gasteiger partial charge in [-0.1, -0.05) is 17.3 Å². The molecule has 2 heterocycles. The van der Waals surface area contributed by atoms with Crippen LogP contribution >= 0.6 is 0 Å². The van der Waals surface area contributed by atoms with Crippen molar-refractivity contribution >= 4 is 11.6 Å². The van der Waals surface area contributed by atoms with Crippen molar-refractivity contribution < 1.29 is 9.32 Å². The van der Waals surface area contributed by atoms with Crippen LogP contribution in [-0.4, -0.2) is 28.6 Å². The largest absolute Gasteiger partial charge is 0.339 e. The van der Waals surface area contributed by atoms with E-state index in [0.717, 1.165) is 30.6 Å². The molecule has 0 saturated carbocycles. The van der Waals surface area contributed by atoms with Crippen LogP contribution < -0.4 is 10.6 Å². The number of aryl methyl sites for hydroxylation is 1. The van der Waals surface area contributed by atoms with Gasteiger partial charge in [-0.15, -0.1) is 0 Å². The first-order valence-corrected chi connectivity index (χ1v) is 6.67. The van der Waals surface area contributed by atoms with Gasteiger partial charge < -0.3 is 15.2 Å². The van der Waals surface area contributed by atoms with Crippen LogP contribution in [0, 0.1) is 6.92 Å². The van der Waals surface area contributed by atoms with Crippen molar-refractivity contribution in [1.82, 2.24) is 15.5 Å². The molecule has 1 aromatic carbocycles. The molecule has 1 aliphatic heterocycles. The maximum atomic E-state index is 12.0. The predicted octanol–water partition coefficient (Wildman–Crippen LogP) is 1.74. The topological polar surface area (TPSA) is 80.0 Å². The molecule has 0 aliphatic carbocycles. The van der Waals surface area contributed by atoms with Crippen LogP contribution in [0.1, 0.15) is 18.7 Å². The molecule has 20 heavy (non-hydrogen) atoms. The minimum absolute atomic E-state index is 0.00365. The second kappa shape index (κ2) is 5.42. The summed E-state index contributed by atoms with van der Waals surface area (Å²) in [5.41, 5.74) is 1.56. The van der Waals surface area contributed by atoms with Crippen LogP contribution in [0.4, 0.5) is 5.69 Å². The molecular formula is C14H16N4O2. The zero-order valence-electron chi connectivity index (χ0n) is 11.2. The molecule has 0 spiro atoms. The fraction of sp³-hybridized carbons (Fsp3) is 0.357. The quantitative estimate of drug-likeness (QED) is 0.889. The first kappa shape index (κ1) is 12.8. The van der Waals surface area contributed by atoms with Gasteiger partial charge in [-0.3, -0.25) is 4.79 Å². The maximum absolute atomic E-state index is 12.0. The number of nitrogens with zero attached hydrogens (tertiary/aromatic N) is 2. The minimum atomic E-state index is -0.0916. The van der Waals surface area contributed by atoms with Gasteiger partial charge in [-0.25, -0.2) is 0 Å². The van der Waals surface area contributed by atoms with Gasteiger partial charge in [0.1, 0.15) is 0 Å². The number of benzene rings is 1. The highest BCUT2D eigenvalue weighted by molar-refractivity contribution is 5.95. The molecule has 6 heteroatoms. The van der Waals surface area contributed by atoms with Gasteiger partial charge in [0.05, 0.1) is 6.04 Å². The molecule has 1 aliphatic rings. The van der Waals surface area contributed by atoms with Gasteiger partial charge in [-0.2, -0.15) is 4.98 Å². The van der Waals surface area contributed by atoms with Crippen molar-refractivity contribution in [3.05, 3.63) is 30.2 Å². The van der Waals surface area contributed by atoms with Crippen LogP contribution in [0.5, 0.6) is 0 Å². The Bertz CT molecular complexity index is 617. The van der Waals surface area contributed by atoms with E-state index in [0.29, 0.717) is 11.7 Å². The Morgan fingerprint density at radius 2 is 2.40 bits per heavy atom. The summed E-state index contributed by atoms with van der Waals surface area (Å²) in [5, 5.41) is 9.96. The molecule has 6 nitrogen and oxygen atoms in total. The lowest BCUT2D eigenvalue weighted by molar-refractivity contribution is -0.117. The summed E-state index contributed by atoms with van der Waals surface area (Å²) in [6.07, 6.45) is 1.93. The van der Waals surface area contributed by atoms with Gasteiger partial charge in [-0.05, 0) is 31.5 Å². The lowest BCUT2D eigenvalue weighted by Gasteiger charge is -2.11. The molecule has 2 N–H and O–H groups in total. The fourth-order valence-corrected chi connectivity index (χ4v) is 2.29. The monoisotopic (exact) mass is 272 g/mol. The maximum Gasteiger partial charge on any atom is 0.241 e. The van der Waals surface area contributed by atoms with Crippen molar-refractivity contribution in [2.45, 2.75) is 25.8 Å². The molecule has 1 fully saturated rings. The minimum Gasteiger partial charge on any atom is -0.339 e. The molecule has 0 radical (unpaired) electrons. The van der Waals surface area contributed by atoms with E-state index in [-0.39, 0.29) is 11.9 Å². The molecule has 104 valence electrons. The molecule has 3 rings (SSSR count). The van der Waals surface area contributed by atoms with Gasteiger partial charge in [0, 0.05) is 18.2 Å². The van der Waals surface area contributed by atoms with Gasteiger partial charge >= 0.3 is 0 Å². The van der Waals surface area contributed by atoms with Crippen LogP contribution in [0.15, 0.2) is 28.8 Å². The van der Waals surface area contributed by atoms with Crippen LogP contribution in [0.2, 0.25) is 0 Å². The highest BCUT2D eigenvalue weighted by Gasteiger charge is 2.21. The third-order valence-corrected chi connectivity index (χ3v) is 3.29. The second-order valence-corrected chi connectivity index (χ2v) is 4.86. The first-order valence-electron chi connectivity index (χ1n) is 6.67. The van der Waals surface area contributed by atoms with Crippen LogP contribution in [0.25, 0.3) is 11.4 Å². The Balaban J connectivity index is 1.75. The van der Waals surface area contributed by atoms with E-state index in [9.17, 15) is 4.79 Å². The second-order valence-electron chi connectivity index (χ2n) is 4.86. The Morgan fingerprint density at radius 3 is 3.10 bits per heavy atom. The van der Waals surface area contributed by atoms with Gasteiger partial charge in [0.2, 0.25) is 17.6 Å². The van der Waals surface area contributed by atoms with Gasteiger partial charge in [0.25, 0.3) is 0 Å². The zero-order valence-corrected chi connectivity index (χ0v) is 11.2. The summed E-state index contributed by atoms with van der Waals surface area (Å²) >= 11 is 0. The highest BCUT2D eigenvalue weighted by atomic mass is 16.5. The van der Waals surface area contributed by atoms with E-state index < -0.39 is 0 Å². The standard InChI is InChI=1S/C14H16N4O2/c1-9-16-13(18-20-9)10-4-2-5-11(8-10)17-14(19)12-6-3-7-15-12/h2,4-5,8,12,15H,3,6-7H2,1H3,(H,17,19). The Labute approximate surface area is 116 Å². The third-order valence-electron chi connectivity index (χ3n) is 3.29. The lowest BCUT2D eigenvalue weighted by Crippen LogP contribution is -2.35. The fourth-order valence-electron chi connectivity index (χ4n) is 2.29. The number of nitrogens with one attached hydrogen (secondary N) is 2. The average Bonchev–Trinajstić information content (AvgIpc) is 3.10. The van der Waals surface area contributed by atoms with Crippen molar-refractivity contribution in [2.24, 2.45) is 0 Å². The number of rotatable bonds is 3. The van der Waals surface area contributed by atoms with E-state index in [2.05, 4.69) is 20.8 Å². The Kier molecular flexibility index (Phi) is 3.47. The van der Waals surface area contributed by atoms with E-state index >= 15 is 0 Å². The van der Waals surface area contributed by atoms with E-state index in [4.69, 9.17) is 4.52 Å². The van der Waals surface area contributed by atoms with E-state index in [1.165, 1.54) is 0 Å². The van der Waals surface area contributed by atoms with Crippen LogP contribution in [0.3, 0.4) is 0 Å². The summed E-state index contributed by atoms with van der Waals surface area (Å²) in [4.78, 5) is 16.2. The normalized spacial score (nSPS) is 18.1. The van der Waals surface area contributed by atoms with E-state index in [1.54, 1.807) is 6.92 Å². The van der Waals surface area contributed by atoms with Gasteiger partial charge in [0.15, 0.2) is 0 Å². The number of aromatic nitrogens is 2. The number of amides is 1. The predicted molar refractivity (Wildman–Crippen MR) is 74.1 cm³/mol. The van der Waals surface area contributed by atoms with Crippen molar-refractivity contribution in [2.75, 3.05) is 11.9 Å². The van der Waals surface area contributed by atoms with E-state index in [1.807, 2.05) is 24.3 Å². The summed E-state index contributed by atoms with van der Waals surface area (Å²) in [5.74, 6) is 1.05. The Hall–Kier alpha value is -2.21. The highest BCUT2D eigenvalue weighted by Crippen LogP contribution is 2.20. The van der Waals surface area contributed by atoms with Crippen LogP contribution in [-0.2, 0) is 4.79 Å². The van der Waals surface area contributed by atoms with Crippen molar-refractivity contribution in [3.63, 3.8) is 0 Å². The molecule has 2 aromatic rings. The molecule has 1 saturated heterocycles. The smallest absolute Gasteiger partial charge is 0.241 e. The third kappa shape index (κ3) is 2.70. The molecule has 0 bridgehead atoms.